The van der Waals surface area contributed by atoms with Gasteiger partial charge in [-0.3, -0.25) is 5.10 Å². The Labute approximate surface area is 197 Å². The molecule has 31 heavy (non-hydrogen) atoms. The van der Waals surface area contributed by atoms with Gasteiger partial charge in [-0.1, -0.05) is 56.1 Å². The monoisotopic (exact) mass is 544 g/mol. The number of carbonyl (C=O) groups excluding carboxylic acids is 1. The van der Waals surface area contributed by atoms with E-state index in [1.165, 1.54) is 4.68 Å². The number of halogens is 2. The third-order valence-corrected chi connectivity index (χ3v) is 5.06. The average molecular weight is 546 g/mol. The van der Waals surface area contributed by atoms with Crippen molar-refractivity contribution in [2.75, 3.05) is 0 Å². The molecule has 0 aliphatic carbocycles. The van der Waals surface area contributed by atoms with Gasteiger partial charge < -0.3 is 4.74 Å². The molecule has 0 fully saturated rings. The molecule has 0 bridgehead atoms. The molecule has 0 aliphatic rings. The van der Waals surface area contributed by atoms with E-state index in [1.807, 2.05) is 75.4 Å². The number of ether oxygens (including phenoxy) is 1. The molecule has 8 heteroatoms. The van der Waals surface area contributed by atoms with Gasteiger partial charge in [0.2, 0.25) is 0 Å². The third-order valence-electron chi connectivity index (χ3n) is 4.01. The van der Waals surface area contributed by atoms with Crippen molar-refractivity contribution < 1.29 is 9.53 Å². The molecule has 2 aromatic heterocycles. The van der Waals surface area contributed by atoms with Gasteiger partial charge in [-0.25, -0.2) is 4.79 Å². The van der Waals surface area contributed by atoms with Gasteiger partial charge in [0.05, 0.1) is 17.6 Å². The molecular formula is C23H22Br2N4O2. The fourth-order valence-electron chi connectivity index (χ4n) is 2.64. The molecule has 0 radical (unpaired) electrons. The molecule has 2 heterocycles. The quantitative estimate of drug-likeness (QED) is 0.296. The minimum absolute atomic E-state index is 0.476. The lowest BCUT2D eigenvalue weighted by atomic mass is 10.1. The summed E-state index contributed by atoms with van der Waals surface area (Å²) in [7, 11) is 0. The predicted molar refractivity (Wildman–Crippen MR) is 129 cm³/mol. The van der Waals surface area contributed by atoms with Crippen LogP contribution in [0.5, 0.6) is 0 Å². The van der Waals surface area contributed by atoms with Crippen LogP contribution in [0.4, 0.5) is 4.79 Å². The van der Waals surface area contributed by atoms with Crippen LogP contribution in [0.3, 0.4) is 0 Å². The highest BCUT2D eigenvalue weighted by atomic mass is 79.9. The largest absolute Gasteiger partial charge is 0.442 e. The molecule has 2 aromatic carbocycles. The normalized spacial score (nSPS) is 10.9. The van der Waals surface area contributed by atoms with Crippen molar-refractivity contribution >= 4 is 38.0 Å². The second-order valence-electron chi connectivity index (χ2n) is 7.59. The summed E-state index contributed by atoms with van der Waals surface area (Å²) in [5.41, 5.74) is 3.27. The number of hydrogen-bond acceptors (Lipinski definition) is 4. The summed E-state index contributed by atoms with van der Waals surface area (Å²) in [6.07, 6.45) is 2.86. The Kier molecular flexibility index (Phi) is 7.46. The highest BCUT2D eigenvalue weighted by Crippen LogP contribution is 2.22. The number of aromatic nitrogens is 4. The Morgan fingerprint density at radius 1 is 0.871 bits per heavy atom. The smallest absolute Gasteiger partial charge is 0.435 e. The van der Waals surface area contributed by atoms with Crippen molar-refractivity contribution in [1.82, 2.24) is 20.0 Å². The molecule has 0 saturated heterocycles. The molecule has 6 nitrogen and oxygen atoms in total. The summed E-state index contributed by atoms with van der Waals surface area (Å²) in [6.45, 7) is 5.48. The number of H-pyrrole nitrogens is 1. The average Bonchev–Trinajstić information content (AvgIpc) is 3.41. The van der Waals surface area contributed by atoms with Crippen LogP contribution < -0.4 is 0 Å². The van der Waals surface area contributed by atoms with Crippen LogP contribution in [0.15, 0.2) is 82.0 Å². The van der Waals surface area contributed by atoms with Crippen molar-refractivity contribution in [2.45, 2.75) is 26.4 Å². The zero-order valence-electron chi connectivity index (χ0n) is 17.3. The van der Waals surface area contributed by atoms with E-state index in [4.69, 9.17) is 4.74 Å². The van der Waals surface area contributed by atoms with Crippen molar-refractivity contribution in [2.24, 2.45) is 0 Å². The summed E-state index contributed by atoms with van der Waals surface area (Å²) >= 11 is 6.76. The first-order chi connectivity index (χ1) is 14.7. The minimum Gasteiger partial charge on any atom is -0.442 e. The molecule has 4 rings (SSSR count). The number of nitrogens with zero attached hydrogens (tertiary/aromatic N) is 3. The van der Waals surface area contributed by atoms with Crippen LogP contribution in [-0.2, 0) is 4.74 Å². The Morgan fingerprint density at radius 2 is 1.45 bits per heavy atom. The second kappa shape index (κ2) is 10.1. The number of rotatable bonds is 2. The van der Waals surface area contributed by atoms with Gasteiger partial charge in [-0.15, -0.1) is 0 Å². The van der Waals surface area contributed by atoms with Gasteiger partial charge in [0, 0.05) is 20.7 Å². The zero-order chi connectivity index (χ0) is 22.4. The van der Waals surface area contributed by atoms with Crippen LogP contribution in [0.1, 0.15) is 20.8 Å². The van der Waals surface area contributed by atoms with Gasteiger partial charge in [0.1, 0.15) is 5.60 Å². The maximum Gasteiger partial charge on any atom is 0.435 e. The first kappa shape index (κ1) is 23.0. The fraction of sp³-hybridized carbons (Fsp3) is 0.174. The Balaban J connectivity index is 0.000000194. The van der Waals surface area contributed by atoms with Crippen molar-refractivity contribution in [1.29, 1.82) is 0 Å². The molecule has 1 N–H and O–H groups in total. The SMILES string of the molecule is Brc1ccc(-c2ccn[nH]2)cc1.CC(C)(C)OC(=O)n1nccc1-c1ccc(Br)cc1. The van der Waals surface area contributed by atoms with E-state index in [2.05, 4.69) is 47.2 Å². The Morgan fingerprint density at radius 3 is 1.97 bits per heavy atom. The lowest BCUT2D eigenvalue weighted by Crippen LogP contribution is -2.28. The molecule has 0 spiro atoms. The Bertz CT molecular complexity index is 1110. The molecule has 0 aliphatic heterocycles. The van der Waals surface area contributed by atoms with E-state index in [1.54, 1.807) is 18.5 Å². The fourth-order valence-corrected chi connectivity index (χ4v) is 3.17. The van der Waals surface area contributed by atoms with Gasteiger partial charge in [0.25, 0.3) is 0 Å². The van der Waals surface area contributed by atoms with Crippen LogP contribution in [0, 0.1) is 0 Å². The summed E-state index contributed by atoms with van der Waals surface area (Å²) < 4.78 is 8.67. The second-order valence-corrected chi connectivity index (χ2v) is 9.42. The number of aromatic amines is 1. The lowest BCUT2D eigenvalue weighted by Gasteiger charge is -2.19. The molecular weight excluding hydrogens is 524 g/mol. The maximum absolute atomic E-state index is 12.1. The summed E-state index contributed by atoms with van der Waals surface area (Å²) in [5, 5.41) is 10.8. The number of hydrogen-bond donors (Lipinski definition) is 1. The van der Waals surface area contributed by atoms with Crippen molar-refractivity contribution in [3.05, 3.63) is 82.0 Å². The number of carbonyl (C=O) groups is 1. The molecule has 160 valence electrons. The molecule has 0 saturated carbocycles. The van der Waals surface area contributed by atoms with E-state index >= 15 is 0 Å². The highest BCUT2D eigenvalue weighted by Gasteiger charge is 2.20. The number of benzene rings is 2. The summed E-state index contributed by atoms with van der Waals surface area (Å²) in [4.78, 5) is 12.1. The van der Waals surface area contributed by atoms with E-state index in [-0.39, 0.29) is 0 Å². The van der Waals surface area contributed by atoms with E-state index < -0.39 is 11.7 Å². The van der Waals surface area contributed by atoms with Gasteiger partial charge >= 0.3 is 6.09 Å². The molecule has 0 atom stereocenters. The first-order valence-corrected chi connectivity index (χ1v) is 11.1. The van der Waals surface area contributed by atoms with Crippen LogP contribution in [0.25, 0.3) is 22.5 Å². The van der Waals surface area contributed by atoms with Crippen LogP contribution in [-0.4, -0.2) is 31.7 Å². The highest BCUT2D eigenvalue weighted by molar-refractivity contribution is 9.10. The predicted octanol–water partition coefficient (Wildman–Crippen LogP) is 6.94. The van der Waals surface area contributed by atoms with E-state index in [0.717, 1.165) is 25.8 Å². The van der Waals surface area contributed by atoms with E-state index in [9.17, 15) is 4.79 Å². The van der Waals surface area contributed by atoms with E-state index in [0.29, 0.717) is 5.69 Å². The van der Waals surface area contributed by atoms with Crippen molar-refractivity contribution in [3.63, 3.8) is 0 Å². The zero-order valence-corrected chi connectivity index (χ0v) is 20.5. The number of nitrogens with one attached hydrogen (secondary N) is 1. The van der Waals surface area contributed by atoms with Crippen molar-refractivity contribution in [3.8, 4) is 22.5 Å². The van der Waals surface area contributed by atoms with Gasteiger partial charge in [0.15, 0.2) is 0 Å². The van der Waals surface area contributed by atoms with Crippen LogP contribution >= 0.6 is 31.9 Å². The topological polar surface area (TPSA) is 72.8 Å². The Hall–Kier alpha value is -2.71. The summed E-state index contributed by atoms with van der Waals surface area (Å²) in [5.74, 6) is 0. The molecule has 0 unspecified atom stereocenters. The minimum atomic E-state index is -0.542. The van der Waals surface area contributed by atoms with Gasteiger partial charge in [-0.05, 0) is 62.7 Å². The first-order valence-electron chi connectivity index (χ1n) is 9.51. The standard InChI is InChI=1S/C14H15BrN2O2.C9H7BrN2/c1-14(2,3)19-13(18)17-12(8-9-16-17)10-4-6-11(15)7-5-10;10-8-3-1-7(2-4-8)9-5-6-11-12-9/h4-9H,1-3H3;1-6H,(H,11,12). The third kappa shape index (κ3) is 6.63. The molecule has 4 aromatic rings. The summed E-state index contributed by atoms with van der Waals surface area (Å²) in [6, 6.07) is 19.5. The van der Waals surface area contributed by atoms with Gasteiger partial charge in [-0.2, -0.15) is 14.9 Å². The maximum atomic E-state index is 12.1. The molecule has 0 amide bonds. The lowest BCUT2D eigenvalue weighted by molar-refractivity contribution is 0.0518. The van der Waals surface area contributed by atoms with Crippen LogP contribution in [0.2, 0.25) is 0 Å².